The van der Waals surface area contributed by atoms with Crippen LogP contribution in [0.2, 0.25) is 10.0 Å². The number of rotatable bonds is 15. The van der Waals surface area contributed by atoms with Crippen molar-refractivity contribution in [2.24, 2.45) is 7.05 Å². The van der Waals surface area contributed by atoms with E-state index < -0.39 is 11.6 Å². The monoisotopic (exact) mass is 873 g/mol. The molecule has 326 valence electrons. The maximum absolute atomic E-state index is 13.1. The average molecular weight is 875 g/mol. The van der Waals surface area contributed by atoms with Gasteiger partial charge in [0.1, 0.15) is 17.2 Å². The molecule has 4 heterocycles. The van der Waals surface area contributed by atoms with E-state index in [4.69, 9.17) is 42.8 Å². The molecule has 61 heavy (non-hydrogen) atoms. The van der Waals surface area contributed by atoms with E-state index in [0.717, 1.165) is 67.2 Å². The van der Waals surface area contributed by atoms with Gasteiger partial charge in [0.05, 0.1) is 39.8 Å². The molecule has 15 heteroatoms. The standard InChI is InChI=1S/C46H57Cl2N7O6/c1-28-22-34(23-29(2)42(28)48)60-21-10-12-35-36-13-14-37(47)41(40-30(3)50-52(9)31(40)4)43(36)55(38(35)27-56)16-11-15-51(8)26-33-24-32(44(57)58)25-39(49-33)53-17-19-54(20-18-53)45(59)61-46(5,6)7/h13-14,22-25,27H,10-12,15-21,26H2,1-9H3,(H,57,58). The Morgan fingerprint density at radius 3 is 2.26 bits per heavy atom. The molecule has 13 nitrogen and oxygen atoms in total. The van der Waals surface area contributed by atoms with Crippen molar-refractivity contribution in [3.05, 3.63) is 91.5 Å². The predicted molar refractivity (Wildman–Crippen MR) is 241 cm³/mol. The van der Waals surface area contributed by atoms with Crippen LogP contribution in [0.25, 0.3) is 22.0 Å². The van der Waals surface area contributed by atoms with Crippen LogP contribution in [-0.4, -0.2) is 105 Å². The van der Waals surface area contributed by atoms with Crippen molar-refractivity contribution < 1.29 is 29.0 Å². The number of carboxylic acids is 1. The summed E-state index contributed by atoms with van der Waals surface area (Å²) in [6, 6.07) is 11.0. The number of carbonyl (C=O) groups is 3. The summed E-state index contributed by atoms with van der Waals surface area (Å²) in [5, 5.41) is 17.0. The predicted octanol–water partition coefficient (Wildman–Crippen LogP) is 9.08. The Hall–Kier alpha value is -5.11. The molecule has 2 aromatic carbocycles. The molecule has 0 bridgehead atoms. The van der Waals surface area contributed by atoms with Gasteiger partial charge in [0.15, 0.2) is 6.29 Å². The lowest BCUT2D eigenvalue weighted by Crippen LogP contribution is -2.50. The summed E-state index contributed by atoms with van der Waals surface area (Å²) < 4.78 is 15.7. The molecular weight excluding hydrogens is 817 g/mol. The number of ether oxygens (including phenoxy) is 2. The minimum Gasteiger partial charge on any atom is -0.494 e. The van der Waals surface area contributed by atoms with Crippen molar-refractivity contribution in [3.63, 3.8) is 0 Å². The summed E-state index contributed by atoms with van der Waals surface area (Å²) in [5.74, 6) is 0.285. The molecule has 1 fully saturated rings. The zero-order valence-electron chi connectivity index (χ0n) is 36.7. The molecule has 1 saturated heterocycles. The highest BCUT2D eigenvalue weighted by Gasteiger charge is 2.28. The van der Waals surface area contributed by atoms with Crippen LogP contribution in [0, 0.1) is 27.7 Å². The van der Waals surface area contributed by atoms with Gasteiger partial charge in [-0.3, -0.25) is 9.48 Å². The molecule has 0 saturated carbocycles. The van der Waals surface area contributed by atoms with Gasteiger partial charge in [0.2, 0.25) is 0 Å². The average Bonchev–Trinajstić information content (AvgIpc) is 3.64. The third-order valence-corrected chi connectivity index (χ3v) is 12.1. The molecular formula is C46H57Cl2N7O6. The maximum atomic E-state index is 13.1. The molecule has 3 aromatic heterocycles. The van der Waals surface area contributed by atoms with Crippen LogP contribution < -0.4 is 9.64 Å². The molecule has 0 unspecified atom stereocenters. The zero-order chi connectivity index (χ0) is 44.3. The number of carbonyl (C=O) groups excluding carboxylic acids is 2. The summed E-state index contributed by atoms with van der Waals surface area (Å²) in [6.45, 7) is 17.3. The van der Waals surface area contributed by atoms with Crippen LogP contribution in [-0.2, 0) is 31.3 Å². The number of aromatic nitrogens is 4. The Bertz CT molecular complexity index is 2420. The number of hydrogen-bond acceptors (Lipinski definition) is 9. The highest BCUT2D eigenvalue weighted by atomic mass is 35.5. The Kier molecular flexibility index (Phi) is 14.1. The molecule has 0 radical (unpaired) electrons. The lowest BCUT2D eigenvalue weighted by molar-refractivity contribution is 0.0240. The fourth-order valence-corrected chi connectivity index (χ4v) is 8.54. The van der Waals surface area contributed by atoms with E-state index in [1.807, 2.05) is 96.4 Å². The first kappa shape index (κ1) is 45.4. The normalized spacial score (nSPS) is 13.4. The van der Waals surface area contributed by atoms with Gasteiger partial charge in [-0.1, -0.05) is 29.3 Å². The topological polar surface area (TPSA) is 135 Å². The van der Waals surface area contributed by atoms with Crippen molar-refractivity contribution >= 4 is 58.3 Å². The fourth-order valence-electron chi connectivity index (χ4n) is 8.18. The van der Waals surface area contributed by atoms with Gasteiger partial charge in [0.25, 0.3) is 0 Å². The summed E-state index contributed by atoms with van der Waals surface area (Å²) >= 11 is 13.5. The summed E-state index contributed by atoms with van der Waals surface area (Å²) in [4.78, 5) is 48.7. The van der Waals surface area contributed by atoms with Gasteiger partial charge < -0.3 is 33.8 Å². The first-order chi connectivity index (χ1) is 28.9. The molecule has 1 N–H and O–H groups in total. The highest BCUT2D eigenvalue weighted by Crippen LogP contribution is 2.42. The first-order valence-electron chi connectivity index (χ1n) is 20.7. The number of aromatic carboxylic acids is 1. The number of pyridine rings is 1. The van der Waals surface area contributed by atoms with Crippen molar-refractivity contribution in [3.8, 4) is 16.9 Å². The Morgan fingerprint density at radius 2 is 1.66 bits per heavy atom. The number of piperazine rings is 1. The van der Waals surface area contributed by atoms with Crippen molar-refractivity contribution in [2.45, 2.75) is 86.4 Å². The van der Waals surface area contributed by atoms with Gasteiger partial charge in [-0.25, -0.2) is 14.6 Å². The number of aldehydes is 1. The Balaban J connectivity index is 1.22. The second-order valence-corrected chi connectivity index (χ2v) is 17.8. The van der Waals surface area contributed by atoms with E-state index in [1.165, 1.54) is 0 Å². The van der Waals surface area contributed by atoms with Gasteiger partial charge in [-0.05, 0) is 128 Å². The summed E-state index contributed by atoms with van der Waals surface area (Å²) in [5.41, 5.74) is 8.15. The highest BCUT2D eigenvalue weighted by molar-refractivity contribution is 6.35. The summed E-state index contributed by atoms with van der Waals surface area (Å²) in [6.07, 6.45) is 2.55. The van der Waals surface area contributed by atoms with E-state index in [-0.39, 0.29) is 11.7 Å². The number of amides is 1. The van der Waals surface area contributed by atoms with Gasteiger partial charge in [-0.15, -0.1) is 0 Å². The summed E-state index contributed by atoms with van der Waals surface area (Å²) in [7, 11) is 3.89. The largest absolute Gasteiger partial charge is 0.494 e. The van der Waals surface area contributed by atoms with Crippen molar-refractivity contribution in [1.29, 1.82) is 0 Å². The van der Waals surface area contributed by atoms with E-state index in [2.05, 4.69) is 9.47 Å². The van der Waals surface area contributed by atoms with Crippen LogP contribution in [0.3, 0.4) is 0 Å². The second-order valence-electron chi connectivity index (χ2n) is 17.0. The molecule has 1 aliphatic heterocycles. The van der Waals surface area contributed by atoms with E-state index >= 15 is 0 Å². The van der Waals surface area contributed by atoms with Crippen molar-refractivity contribution in [1.82, 2.24) is 29.1 Å². The van der Waals surface area contributed by atoms with Gasteiger partial charge in [-0.2, -0.15) is 5.10 Å². The third kappa shape index (κ3) is 10.3. The molecule has 0 atom stereocenters. The molecule has 1 amide bonds. The minimum atomic E-state index is -1.04. The van der Waals surface area contributed by atoms with Gasteiger partial charge >= 0.3 is 12.1 Å². The third-order valence-electron chi connectivity index (χ3n) is 11.2. The number of halogens is 2. The number of carboxylic acid groups (broad SMARTS) is 1. The number of anilines is 1. The maximum Gasteiger partial charge on any atom is 0.410 e. The van der Waals surface area contributed by atoms with Crippen molar-refractivity contribution in [2.75, 3.05) is 51.3 Å². The van der Waals surface area contributed by atoms with Crippen LogP contribution in [0.1, 0.15) is 88.2 Å². The Morgan fingerprint density at radius 1 is 0.967 bits per heavy atom. The van der Waals surface area contributed by atoms with E-state index in [0.29, 0.717) is 93.9 Å². The second kappa shape index (κ2) is 18.9. The first-order valence-corrected chi connectivity index (χ1v) is 21.5. The van der Waals surface area contributed by atoms with Crippen LogP contribution >= 0.6 is 23.2 Å². The smallest absolute Gasteiger partial charge is 0.410 e. The molecule has 0 aliphatic carbocycles. The number of nitrogens with zero attached hydrogens (tertiary/aromatic N) is 7. The zero-order valence-corrected chi connectivity index (χ0v) is 38.2. The minimum absolute atomic E-state index is 0.152. The van der Waals surface area contributed by atoms with Crippen LogP contribution in [0.5, 0.6) is 5.75 Å². The quantitative estimate of drug-likeness (QED) is 0.0802. The molecule has 0 spiro atoms. The Labute approximate surface area is 368 Å². The molecule has 5 aromatic rings. The fraction of sp³-hybridized carbons (Fsp3) is 0.457. The van der Waals surface area contributed by atoms with E-state index in [9.17, 15) is 19.5 Å². The number of fused-ring (bicyclic) bond motifs is 1. The number of aryl methyl sites for hydroxylation is 6. The SMILES string of the molecule is Cc1cc(OCCCc2c(C=O)n(CCCN(C)Cc3cc(C(=O)O)cc(N4CCN(C(=O)OC(C)(C)C)CC4)n3)c3c(-c4c(C)nn(C)c4C)c(Cl)ccc23)cc(C)c1Cl. The van der Waals surface area contributed by atoms with Gasteiger partial charge in [0, 0.05) is 73.5 Å². The lowest BCUT2D eigenvalue weighted by atomic mass is 9.98. The van der Waals surface area contributed by atoms with Crippen LogP contribution in [0.4, 0.5) is 10.6 Å². The number of benzene rings is 2. The molecule has 6 rings (SSSR count). The van der Waals surface area contributed by atoms with Crippen LogP contribution in [0.15, 0.2) is 36.4 Å². The lowest BCUT2D eigenvalue weighted by Gasteiger charge is -2.36. The number of hydrogen-bond donors (Lipinski definition) is 1. The van der Waals surface area contributed by atoms with E-state index in [1.54, 1.807) is 17.0 Å². The molecule has 1 aliphatic rings.